The molecule has 0 aliphatic rings. The lowest BCUT2D eigenvalue weighted by molar-refractivity contribution is -0.137. The lowest BCUT2D eigenvalue weighted by Crippen LogP contribution is -2.27. The Labute approximate surface area is 113 Å². The fourth-order valence-corrected chi connectivity index (χ4v) is 1.42. The van der Waals surface area contributed by atoms with Crippen molar-refractivity contribution in [3.05, 3.63) is 24.3 Å². The van der Waals surface area contributed by atoms with Gasteiger partial charge in [0, 0.05) is 38.0 Å². The zero-order valence-corrected chi connectivity index (χ0v) is 11.3. The smallest absolute Gasteiger partial charge is 0.303 e. The third kappa shape index (κ3) is 7.13. The Morgan fingerprint density at radius 1 is 1.47 bits per heavy atom. The van der Waals surface area contributed by atoms with Gasteiger partial charge in [0.05, 0.1) is 0 Å². The van der Waals surface area contributed by atoms with Gasteiger partial charge in [0.15, 0.2) is 0 Å². The van der Waals surface area contributed by atoms with Crippen LogP contribution in [-0.4, -0.2) is 33.8 Å². The number of hydrogen-bond donors (Lipinski definition) is 2. The monoisotopic (exact) mass is 264 g/mol. The van der Waals surface area contributed by atoms with E-state index < -0.39 is 5.97 Å². The number of carboxylic acid groups (broad SMARTS) is 1. The van der Waals surface area contributed by atoms with Gasteiger partial charge >= 0.3 is 5.97 Å². The largest absolute Gasteiger partial charge is 0.481 e. The summed E-state index contributed by atoms with van der Waals surface area (Å²) in [6, 6.07) is 1.77. The minimum Gasteiger partial charge on any atom is -0.481 e. The van der Waals surface area contributed by atoms with Crippen LogP contribution in [0.15, 0.2) is 23.6 Å². The molecule has 0 fully saturated rings. The second kappa shape index (κ2) is 7.45. The van der Waals surface area contributed by atoms with Crippen molar-refractivity contribution in [3.8, 4) is 0 Å². The van der Waals surface area contributed by atoms with E-state index in [-0.39, 0.29) is 11.8 Å². The number of hydrogen-bond acceptors (Lipinski definition) is 5. The van der Waals surface area contributed by atoms with Gasteiger partial charge in [-0.05, 0) is 17.9 Å². The molecule has 0 saturated carbocycles. The maximum Gasteiger partial charge on any atom is 0.303 e. The van der Waals surface area contributed by atoms with E-state index in [0.717, 1.165) is 5.82 Å². The average Bonchev–Trinajstić information content (AvgIpc) is 2.37. The van der Waals surface area contributed by atoms with Crippen molar-refractivity contribution in [2.75, 3.05) is 6.54 Å². The number of hydrazone groups is 1. The SMILES string of the molecule is CC(C)(CCC(=O)O)CNN=CCc1ncccn1. The van der Waals surface area contributed by atoms with Gasteiger partial charge in [-0.25, -0.2) is 9.97 Å². The average molecular weight is 264 g/mol. The highest BCUT2D eigenvalue weighted by Gasteiger charge is 2.18. The predicted octanol–water partition coefficient (Wildman–Crippen LogP) is 1.49. The molecule has 6 heteroatoms. The molecule has 104 valence electrons. The molecule has 0 amide bonds. The molecular weight excluding hydrogens is 244 g/mol. The third-order valence-corrected chi connectivity index (χ3v) is 2.65. The van der Waals surface area contributed by atoms with Crippen LogP contribution >= 0.6 is 0 Å². The summed E-state index contributed by atoms with van der Waals surface area (Å²) in [6.45, 7) is 4.66. The van der Waals surface area contributed by atoms with Crippen molar-refractivity contribution in [1.29, 1.82) is 0 Å². The lowest BCUT2D eigenvalue weighted by atomic mass is 9.88. The van der Waals surface area contributed by atoms with Crippen LogP contribution in [0.3, 0.4) is 0 Å². The number of carbonyl (C=O) groups is 1. The second-order valence-electron chi connectivity index (χ2n) is 5.07. The molecule has 0 aromatic carbocycles. The first kappa shape index (κ1) is 15.1. The number of nitrogens with one attached hydrogen (secondary N) is 1. The number of aliphatic carboxylic acids is 1. The topological polar surface area (TPSA) is 87.5 Å². The highest BCUT2D eigenvalue weighted by atomic mass is 16.4. The van der Waals surface area contributed by atoms with E-state index in [2.05, 4.69) is 20.5 Å². The summed E-state index contributed by atoms with van der Waals surface area (Å²) in [5.74, 6) is -0.0454. The van der Waals surface area contributed by atoms with Crippen molar-refractivity contribution in [1.82, 2.24) is 15.4 Å². The molecular formula is C13H20N4O2. The Bertz CT molecular complexity index is 418. The van der Waals surface area contributed by atoms with Crippen LogP contribution in [0.4, 0.5) is 0 Å². The van der Waals surface area contributed by atoms with Crippen LogP contribution in [0.2, 0.25) is 0 Å². The van der Waals surface area contributed by atoms with Crippen LogP contribution in [-0.2, 0) is 11.2 Å². The van der Waals surface area contributed by atoms with E-state index in [0.29, 0.717) is 19.4 Å². The molecule has 0 unspecified atom stereocenters. The van der Waals surface area contributed by atoms with E-state index >= 15 is 0 Å². The van der Waals surface area contributed by atoms with Gasteiger partial charge in [0.25, 0.3) is 0 Å². The van der Waals surface area contributed by atoms with E-state index in [4.69, 9.17) is 5.11 Å². The third-order valence-electron chi connectivity index (χ3n) is 2.65. The molecule has 0 atom stereocenters. The summed E-state index contributed by atoms with van der Waals surface area (Å²) < 4.78 is 0. The van der Waals surface area contributed by atoms with Gasteiger partial charge in [-0.15, -0.1) is 0 Å². The second-order valence-corrected chi connectivity index (χ2v) is 5.07. The van der Waals surface area contributed by atoms with Crippen LogP contribution in [0.25, 0.3) is 0 Å². The summed E-state index contributed by atoms with van der Waals surface area (Å²) in [4.78, 5) is 18.7. The van der Waals surface area contributed by atoms with Crippen LogP contribution in [0.5, 0.6) is 0 Å². The molecule has 6 nitrogen and oxygen atoms in total. The zero-order chi connectivity index (χ0) is 14.1. The predicted molar refractivity (Wildman–Crippen MR) is 72.9 cm³/mol. The number of rotatable bonds is 8. The normalized spacial score (nSPS) is 11.7. The first-order chi connectivity index (χ1) is 8.99. The summed E-state index contributed by atoms with van der Waals surface area (Å²) in [7, 11) is 0. The quantitative estimate of drug-likeness (QED) is 0.548. The summed E-state index contributed by atoms with van der Waals surface area (Å²) in [5, 5.41) is 12.7. The van der Waals surface area contributed by atoms with E-state index in [1.165, 1.54) is 0 Å². The number of aromatic nitrogens is 2. The zero-order valence-electron chi connectivity index (χ0n) is 11.3. The van der Waals surface area contributed by atoms with Crippen LogP contribution < -0.4 is 5.43 Å². The molecule has 1 aromatic rings. The first-order valence-corrected chi connectivity index (χ1v) is 6.22. The standard InChI is InChI=1S/C13H20N4O2/c1-13(2,6-4-12(18)19)10-17-16-9-5-11-14-7-3-8-15-11/h3,7-9,17H,4-6,10H2,1-2H3,(H,18,19). The van der Waals surface area contributed by atoms with Crippen LogP contribution in [0.1, 0.15) is 32.5 Å². The van der Waals surface area contributed by atoms with Gasteiger partial charge in [0.1, 0.15) is 5.82 Å². The van der Waals surface area contributed by atoms with Gasteiger partial charge in [-0.2, -0.15) is 5.10 Å². The van der Waals surface area contributed by atoms with Crippen molar-refractivity contribution < 1.29 is 9.90 Å². The molecule has 19 heavy (non-hydrogen) atoms. The highest BCUT2D eigenvalue weighted by molar-refractivity contribution is 5.66. The minimum absolute atomic E-state index is 0.0982. The Morgan fingerprint density at radius 2 is 2.16 bits per heavy atom. The van der Waals surface area contributed by atoms with Crippen molar-refractivity contribution >= 4 is 12.2 Å². The van der Waals surface area contributed by atoms with Gasteiger partial charge in [0.2, 0.25) is 0 Å². The summed E-state index contributed by atoms with van der Waals surface area (Å²) >= 11 is 0. The molecule has 0 aliphatic heterocycles. The van der Waals surface area contributed by atoms with Gasteiger partial charge < -0.3 is 10.5 Å². The van der Waals surface area contributed by atoms with Crippen LogP contribution in [0, 0.1) is 5.41 Å². The van der Waals surface area contributed by atoms with Crippen molar-refractivity contribution in [2.45, 2.75) is 33.1 Å². The molecule has 0 aliphatic carbocycles. The molecule has 0 spiro atoms. The Kier molecular flexibility index (Phi) is 5.92. The Balaban J connectivity index is 2.23. The highest BCUT2D eigenvalue weighted by Crippen LogP contribution is 2.20. The molecule has 0 saturated heterocycles. The molecule has 0 bridgehead atoms. The molecule has 1 rings (SSSR count). The van der Waals surface area contributed by atoms with E-state index in [1.54, 1.807) is 24.7 Å². The summed E-state index contributed by atoms with van der Waals surface area (Å²) in [5.41, 5.74) is 2.84. The Hall–Kier alpha value is -1.98. The first-order valence-electron chi connectivity index (χ1n) is 6.22. The number of nitrogens with zero attached hydrogens (tertiary/aromatic N) is 3. The van der Waals surface area contributed by atoms with Gasteiger partial charge in [-0.1, -0.05) is 13.8 Å². The van der Waals surface area contributed by atoms with E-state index in [1.807, 2.05) is 13.8 Å². The minimum atomic E-state index is -0.766. The molecule has 1 heterocycles. The Morgan fingerprint density at radius 3 is 2.79 bits per heavy atom. The van der Waals surface area contributed by atoms with Crippen molar-refractivity contribution in [2.24, 2.45) is 10.5 Å². The molecule has 1 aromatic heterocycles. The number of carboxylic acids is 1. The maximum atomic E-state index is 10.5. The summed E-state index contributed by atoms with van der Waals surface area (Å²) in [6.07, 6.45) is 6.46. The van der Waals surface area contributed by atoms with E-state index in [9.17, 15) is 4.79 Å². The maximum absolute atomic E-state index is 10.5. The van der Waals surface area contributed by atoms with Gasteiger partial charge in [-0.3, -0.25) is 4.79 Å². The molecule has 2 N–H and O–H groups in total. The molecule has 0 radical (unpaired) electrons. The lowest BCUT2D eigenvalue weighted by Gasteiger charge is -2.22. The van der Waals surface area contributed by atoms with Crippen molar-refractivity contribution in [3.63, 3.8) is 0 Å². The fourth-order valence-electron chi connectivity index (χ4n) is 1.42. The fraction of sp³-hybridized carbons (Fsp3) is 0.538.